The molecule has 11 heteroatoms. The molecule has 3 N–H and O–H groups in total. The summed E-state index contributed by atoms with van der Waals surface area (Å²) < 4.78 is 7.50. The molecule has 0 saturated heterocycles. The van der Waals surface area contributed by atoms with Crippen molar-refractivity contribution in [3.8, 4) is 17.3 Å². The molecule has 2 aromatic carbocycles. The Hall–Kier alpha value is -4.02. The molecule has 0 radical (unpaired) electrons. The summed E-state index contributed by atoms with van der Waals surface area (Å²) >= 11 is 6.26. The number of halogens is 1. The highest BCUT2D eigenvalue weighted by atomic mass is 35.5. The normalized spacial score (nSPS) is 14.6. The maximum absolute atomic E-state index is 13.1. The molecule has 0 aliphatic carbocycles. The van der Waals surface area contributed by atoms with Gasteiger partial charge in [0.05, 0.1) is 30.8 Å². The van der Waals surface area contributed by atoms with E-state index in [0.29, 0.717) is 59.8 Å². The van der Waals surface area contributed by atoms with E-state index in [0.717, 1.165) is 11.3 Å². The molecule has 5 rings (SSSR count). The second-order valence-corrected chi connectivity index (χ2v) is 8.57. The van der Waals surface area contributed by atoms with E-state index in [1.165, 1.54) is 6.33 Å². The highest BCUT2D eigenvalue weighted by Gasteiger charge is 2.25. The van der Waals surface area contributed by atoms with Gasteiger partial charge in [-0.25, -0.2) is 9.97 Å². The number of nitrogens with zero attached hydrogens (tertiary/aromatic N) is 5. The highest BCUT2D eigenvalue weighted by Crippen LogP contribution is 2.37. The first kappa shape index (κ1) is 23.7. The van der Waals surface area contributed by atoms with Gasteiger partial charge < -0.3 is 25.0 Å². The lowest BCUT2D eigenvalue weighted by Crippen LogP contribution is -2.32. The van der Waals surface area contributed by atoms with Crippen LogP contribution < -0.4 is 15.4 Å². The van der Waals surface area contributed by atoms with Crippen LogP contribution in [0.15, 0.2) is 61.1 Å². The lowest BCUT2D eigenvalue weighted by atomic mass is 10.00. The number of carbonyl (C=O) groups is 1. The molecule has 0 fully saturated rings. The molecule has 3 heterocycles. The summed E-state index contributed by atoms with van der Waals surface area (Å²) in [4.78, 5) is 21.2. The van der Waals surface area contributed by atoms with Gasteiger partial charge in [0.25, 0.3) is 5.91 Å². The second kappa shape index (κ2) is 10.7. The van der Waals surface area contributed by atoms with Gasteiger partial charge in [0, 0.05) is 36.0 Å². The molecule has 36 heavy (non-hydrogen) atoms. The Morgan fingerprint density at radius 2 is 2.08 bits per heavy atom. The van der Waals surface area contributed by atoms with E-state index in [9.17, 15) is 9.90 Å². The lowest BCUT2D eigenvalue weighted by molar-refractivity contribution is 0.0925. The van der Waals surface area contributed by atoms with Crippen molar-refractivity contribution < 1.29 is 14.6 Å². The predicted molar refractivity (Wildman–Crippen MR) is 134 cm³/mol. The van der Waals surface area contributed by atoms with E-state index in [2.05, 4.69) is 30.8 Å². The van der Waals surface area contributed by atoms with Crippen LogP contribution in [-0.4, -0.2) is 49.0 Å². The molecule has 1 aliphatic heterocycles. The van der Waals surface area contributed by atoms with Crippen molar-refractivity contribution in [3.05, 3.63) is 83.0 Å². The van der Waals surface area contributed by atoms with Gasteiger partial charge in [-0.05, 0) is 30.3 Å². The Balaban J connectivity index is 1.29. The summed E-state index contributed by atoms with van der Waals surface area (Å²) in [5.74, 6) is 1.61. The summed E-state index contributed by atoms with van der Waals surface area (Å²) in [6.45, 7) is 1.07. The average Bonchev–Trinajstić information content (AvgIpc) is 3.31. The maximum Gasteiger partial charge on any atom is 0.251 e. The zero-order valence-corrected chi connectivity index (χ0v) is 20.0. The monoisotopic (exact) mass is 505 g/mol. The Kier molecular flexibility index (Phi) is 7.06. The molecular weight excluding hydrogens is 482 g/mol. The number of hydrogen-bond acceptors (Lipinski definition) is 8. The third-order valence-electron chi connectivity index (χ3n) is 5.87. The Morgan fingerprint density at radius 3 is 2.92 bits per heavy atom. The molecule has 4 aromatic rings. The van der Waals surface area contributed by atoms with Crippen molar-refractivity contribution in [2.24, 2.45) is 0 Å². The van der Waals surface area contributed by atoms with Gasteiger partial charge in [0.15, 0.2) is 11.6 Å². The molecule has 10 nitrogen and oxygen atoms in total. The summed E-state index contributed by atoms with van der Waals surface area (Å²) in [7, 11) is 0. The molecule has 0 saturated carbocycles. The number of para-hydroxylation sites is 1. The number of nitrogens with one attached hydrogen (secondary N) is 2. The quantitative estimate of drug-likeness (QED) is 0.333. The van der Waals surface area contributed by atoms with E-state index in [4.69, 9.17) is 16.3 Å². The van der Waals surface area contributed by atoms with Gasteiger partial charge in [-0.3, -0.25) is 4.79 Å². The van der Waals surface area contributed by atoms with Gasteiger partial charge in [0.2, 0.25) is 0 Å². The van der Waals surface area contributed by atoms with Gasteiger partial charge in [0.1, 0.15) is 17.8 Å². The van der Waals surface area contributed by atoms with Gasteiger partial charge >= 0.3 is 0 Å². The fraction of sp³-hybridized carbons (Fsp3) is 0.240. The molecule has 184 valence electrons. The van der Waals surface area contributed by atoms with Crippen molar-refractivity contribution in [2.45, 2.75) is 25.6 Å². The summed E-state index contributed by atoms with van der Waals surface area (Å²) in [5, 5.41) is 25.0. The maximum atomic E-state index is 13.1. The number of benzene rings is 2. The van der Waals surface area contributed by atoms with Crippen LogP contribution in [-0.2, 0) is 13.1 Å². The SMILES string of the molecule is O=C(N[C@H]1CCOc2c(Cl)cccc21)c1cccc(NCc2nnc(-c3ccncn3)n2CCO)c1. The van der Waals surface area contributed by atoms with Crippen molar-refractivity contribution >= 4 is 23.2 Å². The summed E-state index contributed by atoms with van der Waals surface area (Å²) in [6, 6.07) is 14.3. The van der Waals surface area contributed by atoms with Crippen LogP contribution in [0.1, 0.15) is 34.2 Å². The standard InChI is InChI=1S/C25H24ClN7O3/c26-19-6-2-5-18-20(8-12-36-23(18)19)30-25(35)16-3-1-4-17(13-16)28-14-22-31-32-24(33(22)10-11-34)21-7-9-27-15-29-21/h1-7,9,13,15,20,28,34H,8,10-12,14H2,(H,30,35)/t20-/m0/s1. The molecular formula is C25H24ClN7O3. The lowest BCUT2D eigenvalue weighted by Gasteiger charge is -2.27. The van der Waals surface area contributed by atoms with E-state index in [1.807, 2.05) is 24.3 Å². The molecule has 0 bridgehead atoms. The fourth-order valence-corrected chi connectivity index (χ4v) is 4.38. The number of ether oxygens (including phenoxy) is 1. The number of fused-ring (bicyclic) bond motifs is 1. The van der Waals surface area contributed by atoms with E-state index < -0.39 is 0 Å². The van der Waals surface area contributed by atoms with Crippen molar-refractivity contribution in [3.63, 3.8) is 0 Å². The number of aliphatic hydroxyl groups excluding tert-OH is 1. The van der Waals surface area contributed by atoms with E-state index >= 15 is 0 Å². The molecule has 0 unspecified atom stereocenters. The zero-order chi connectivity index (χ0) is 24.9. The van der Waals surface area contributed by atoms with Crippen LogP contribution in [0.2, 0.25) is 5.02 Å². The van der Waals surface area contributed by atoms with Crippen molar-refractivity contribution in [1.29, 1.82) is 0 Å². The minimum absolute atomic E-state index is 0.0701. The van der Waals surface area contributed by atoms with E-state index in [-0.39, 0.29) is 18.6 Å². The smallest absolute Gasteiger partial charge is 0.251 e. The van der Waals surface area contributed by atoms with Crippen LogP contribution in [0.25, 0.3) is 11.5 Å². The minimum Gasteiger partial charge on any atom is -0.492 e. The third-order valence-corrected chi connectivity index (χ3v) is 6.17. The number of hydrogen-bond donors (Lipinski definition) is 3. The summed E-state index contributed by atoms with van der Waals surface area (Å²) in [5.41, 5.74) is 2.76. The van der Waals surface area contributed by atoms with Crippen LogP contribution in [0.4, 0.5) is 5.69 Å². The Labute approximate surface area is 212 Å². The van der Waals surface area contributed by atoms with Crippen LogP contribution >= 0.6 is 11.6 Å². The number of amides is 1. The molecule has 1 amide bonds. The van der Waals surface area contributed by atoms with Crippen molar-refractivity contribution in [2.75, 3.05) is 18.5 Å². The zero-order valence-electron chi connectivity index (χ0n) is 19.3. The molecule has 0 spiro atoms. The topological polar surface area (TPSA) is 127 Å². The van der Waals surface area contributed by atoms with Crippen LogP contribution in [0.3, 0.4) is 0 Å². The molecule has 1 aliphatic rings. The van der Waals surface area contributed by atoms with Crippen LogP contribution in [0.5, 0.6) is 5.75 Å². The third kappa shape index (κ3) is 5.00. The molecule has 2 aromatic heterocycles. The fourth-order valence-electron chi connectivity index (χ4n) is 4.14. The largest absolute Gasteiger partial charge is 0.492 e. The van der Waals surface area contributed by atoms with E-state index in [1.54, 1.807) is 35.0 Å². The van der Waals surface area contributed by atoms with Gasteiger partial charge in [-0.15, -0.1) is 10.2 Å². The second-order valence-electron chi connectivity index (χ2n) is 8.17. The predicted octanol–water partition coefficient (Wildman–Crippen LogP) is 3.25. The number of anilines is 1. The number of aliphatic hydroxyl groups is 1. The first-order chi connectivity index (χ1) is 17.6. The summed E-state index contributed by atoms with van der Waals surface area (Å²) in [6.07, 6.45) is 3.73. The van der Waals surface area contributed by atoms with Gasteiger partial charge in [-0.2, -0.15) is 0 Å². The van der Waals surface area contributed by atoms with Crippen LogP contribution in [0, 0.1) is 0 Å². The first-order valence-electron chi connectivity index (χ1n) is 11.5. The van der Waals surface area contributed by atoms with Crippen molar-refractivity contribution in [1.82, 2.24) is 30.0 Å². The Bertz CT molecular complexity index is 1360. The first-order valence-corrected chi connectivity index (χ1v) is 11.9. The van der Waals surface area contributed by atoms with Gasteiger partial charge in [-0.1, -0.05) is 29.8 Å². The average molecular weight is 506 g/mol. The minimum atomic E-state index is -0.189. The number of carbonyl (C=O) groups excluding carboxylic acids is 1. The number of aromatic nitrogens is 5. The Morgan fingerprint density at radius 1 is 1.19 bits per heavy atom. The highest BCUT2D eigenvalue weighted by molar-refractivity contribution is 6.32. The molecule has 1 atom stereocenters. The number of rotatable bonds is 8.